The lowest BCUT2D eigenvalue weighted by atomic mass is 10.2. The number of rotatable bonds is 2. The van der Waals surface area contributed by atoms with Gasteiger partial charge in [-0.1, -0.05) is 6.92 Å². The van der Waals surface area contributed by atoms with E-state index in [4.69, 9.17) is 5.84 Å². The fraction of sp³-hybridized carbons (Fsp3) is 0.250. The molecule has 0 unspecified atom stereocenters. The number of amides is 1. The van der Waals surface area contributed by atoms with Crippen LogP contribution in [0.4, 0.5) is 0 Å². The van der Waals surface area contributed by atoms with Gasteiger partial charge in [0.15, 0.2) is 0 Å². The minimum atomic E-state index is -0.337. The molecule has 5 heteroatoms. The number of halogens is 1. The van der Waals surface area contributed by atoms with Crippen molar-refractivity contribution >= 4 is 21.8 Å². The maximum atomic E-state index is 11.1. The zero-order valence-corrected chi connectivity index (χ0v) is 8.76. The molecule has 70 valence electrons. The lowest BCUT2D eigenvalue weighted by molar-refractivity contribution is 0.0953. The first-order valence-corrected chi connectivity index (χ1v) is 4.63. The van der Waals surface area contributed by atoms with Crippen LogP contribution in [-0.4, -0.2) is 10.9 Å². The summed E-state index contributed by atoms with van der Waals surface area (Å²) < 4.78 is 0.830. The molecule has 0 fully saturated rings. The number of nitrogens with one attached hydrogen (secondary N) is 1. The highest BCUT2D eigenvalue weighted by atomic mass is 79.9. The molecular weight excluding hydrogens is 234 g/mol. The Hall–Kier alpha value is -0.940. The molecule has 1 heterocycles. The number of hydrogen-bond acceptors (Lipinski definition) is 3. The zero-order chi connectivity index (χ0) is 9.84. The Morgan fingerprint density at radius 3 is 2.92 bits per heavy atom. The van der Waals surface area contributed by atoms with Gasteiger partial charge >= 0.3 is 0 Å². The van der Waals surface area contributed by atoms with E-state index in [0.717, 1.165) is 16.6 Å². The van der Waals surface area contributed by atoms with Gasteiger partial charge in [-0.3, -0.25) is 15.2 Å². The van der Waals surface area contributed by atoms with Gasteiger partial charge in [0, 0.05) is 10.7 Å². The second-order valence-corrected chi connectivity index (χ2v) is 3.33. The van der Waals surface area contributed by atoms with Crippen LogP contribution in [0.25, 0.3) is 0 Å². The zero-order valence-electron chi connectivity index (χ0n) is 7.17. The van der Waals surface area contributed by atoms with Gasteiger partial charge in [-0.15, -0.1) is 0 Å². The van der Waals surface area contributed by atoms with Crippen LogP contribution in [-0.2, 0) is 6.42 Å². The van der Waals surface area contributed by atoms with Gasteiger partial charge in [0.05, 0.1) is 11.3 Å². The predicted molar refractivity (Wildman–Crippen MR) is 53.0 cm³/mol. The van der Waals surface area contributed by atoms with Gasteiger partial charge in [-0.05, 0) is 28.4 Å². The maximum Gasteiger partial charge on any atom is 0.266 e. The molecule has 0 aliphatic carbocycles. The lowest BCUT2D eigenvalue weighted by Crippen LogP contribution is -2.30. The normalized spacial score (nSPS) is 9.77. The Bertz CT molecular complexity index is 327. The molecule has 13 heavy (non-hydrogen) atoms. The van der Waals surface area contributed by atoms with Crippen molar-refractivity contribution in [3.8, 4) is 0 Å². The molecule has 0 saturated carbocycles. The van der Waals surface area contributed by atoms with E-state index in [1.807, 2.05) is 12.3 Å². The summed E-state index contributed by atoms with van der Waals surface area (Å²) >= 11 is 3.32. The molecular formula is C8H10BrN3O. The first-order chi connectivity index (χ1) is 6.19. The monoisotopic (exact) mass is 243 g/mol. The number of hydrazine groups is 1. The molecule has 0 aliphatic rings. The van der Waals surface area contributed by atoms with Crippen molar-refractivity contribution in [2.24, 2.45) is 5.84 Å². The molecule has 0 radical (unpaired) electrons. The highest BCUT2D eigenvalue weighted by molar-refractivity contribution is 9.10. The van der Waals surface area contributed by atoms with E-state index >= 15 is 0 Å². The fourth-order valence-corrected chi connectivity index (χ4v) is 1.56. The number of nitrogen functional groups attached to an aromatic ring is 1. The van der Waals surface area contributed by atoms with Gasteiger partial charge in [-0.2, -0.15) is 0 Å². The Balaban J connectivity index is 3.02. The molecule has 0 saturated heterocycles. The Morgan fingerprint density at radius 2 is 2.46 bits per heavy atom. The standard InChI is InChI=1S/C8H10BrN3O/c1-2-7-6(9)3-5(4-11-7)8(13)12-10/h3-4H,2,10H2,1H3,(H,12,13). The summed E-state index contributed by atoms with van der Waals surface area (Å²) in [5, 5.41) is 0. The second kappa shape index (κ2) is 4.34. The molecule has 0 atom stereocenters. The van der Waals surface area contributed by atoms with Gasteiger partial charge in [0.25, 0.3) is 5.91 Å². The van der Waals surface area contributed by atoms with Crippen LogP contribution in [0.1, 0.15) is 23.0 Å². The average Bonchev–Trinajstić information content (AvgIpc) is 2.16. The highest BCUT2D eigenvalue weighted by Gasteiger charge is 2.06. The minimum Gasteiger partial charge on any atom is -0.290 e. The summed E-state index contributed by atoms with van der Waals surface area (Å²) in [7, 11) is 0. The first-order valence-electron chi connectivity index (χ1n) is 3.84. The SMILES string of the molecule is CCc1ncc(C(=O)NN)cc1Br. The van der Waals surface area contributed by atoms with Crippen molar-refractivity contribution in [3.05, 3.63) is 28.0 Å². The number of nitrogens with two attached hydrogens (primary N) is 1. The lowest BCUT2D eigenvalue weighted by Gasteiger charge is -2.02. The molecule has 0 bridgehead atoms. The van der Waals surface area contributed by atoms with Gasteiger partial charge in [0.1, 0.15) is 0 Å². The van der Waals surface area contributed by atoms with E-state index in [0.29, 0.717) is 5.56 Å². The van der Waals surface area contributed by atoms with Crippen LogP contribution in [0.5, 0.6) is 0 Å². The second-order valence-electron chi connectivity index (χ2n) is 2.48. The van der Waals surface area contributed by atoms with E-state index in [1.54, 1.807) is 6.07 Å². The van der Waals surface area contributed by atoms with Crippen LogP contribution in [0.15, 0.2) is 16.7 Å². The number of aryl methyl sites for hydroxylation is 1. The van der Waals surface area contributed by atoms with Crippen LogP contribution < -0.4 is 11.3 Å². The van der Waals surface area contributed by atoms with E-state index in [2.05, 4.69) is 20.9 Å². The van der Waals surface area contributed by atoms with E-state index in [9.17, 15) is 4.79 Å². The summed E-state index contributed by atoms with van der Waals surface area (Å²) in [6, 6.07) is 1.70. The van der Waals surface area contributed by atoms with Crippen molar-refractivity contribution in [2.75, 3.05) is 0 Å². The van der Waals surface area contributed by atoms with Crippen molar-refractivity contribution in [1.82, 2.24) is 10.4 Å². The smallest absolute Gasteiger partial charge is 0.266 e. The fourth-order valence-electron chi connectivity index (χ4n) is 0.934. The largest absolute Gasteiger partial charge is 0.290 e. The Labute approximate surface area is 84.6 Å². The first kappa shape index (κ1) is 10.1. The topological polar surface area (TPSA) is 68.0 Å². The maximum absolute atomic E-state index is 11.1. The summed E-state index contributed by atoms with van der Waals surface area (Å²) in [5.74, 6) is 4.64. The summed E-state index contributed by atoms with van der Waals surface area (Å²) in [4.78, 5) is 15.2. The highest BCUT2D eigenvalue weighted by Crippen LogP contribution is 2.16. The molecule has 4 nitrogen and oxygen atoms in total. The number of hydrogen-bond donors (Lipinski definition) is 2. The molecule has 1 rings (SSSR count). The Morgan fingerprint density at radius 1 is 1.77 bits per heavy atom. The average molecular weight is 244 g/mol. The molecule has 0 aromatic carbocycles. The third-order valence-electron chi connectivity index (χ3n) is 1.65. The molecule has 0 spiro atoms. The van der Waals surface area contributed by atoms with Crippen molar-refractivity contribution in [1.29, 1.82) is 0 Å². The summed E-state index contributed by atoms with van der Waals surface area (Å²) in [5.41, 5.74) is 3.42. The quantitative estimate of drug-likeness (QED) is 0.463. The number of nitrogens with zero attached hydrogens (tertiary/aromatic N) is 1. The van der Waals surface area contributed by atoms with Crippen molar-refractivity contribution < 1.29 is 4.79 Å². The summed E-state index contributed by atoms with van der Waals surface area (Å²) in [6.45, 7) is 2.00. The van der Waals surface area contributed by atoms with E-state index in [-0.39, 0.29) is 5.91 Å². The molecule has 3 N–H and O–H groups in total. The van der Waals surface area contributed by atoms with E-state index < -0.39 is 0 Å². The van der Waals surface area contributed by atoms with Crippen LogP contribution in [0.2, 0.25) is 0 Å². The van der Waals surface area contributed by atoms with Crippen LogP contribution in [0, 0.1) is 0 Å². The number of aromatic nitrogens is 1. The van der Waals surface area contributed by atoms with Gasteiger partial charge in [-0.25, -0.2) is 5.84 Å². The van der Waals surface area contributed by atoms with Crippen molar-refractivity contribution in [2.45, 2.75) is 13.3 Å². The molecule has 1 amide bonds. The van der Waals surface area contributed by atoms with Crippen LogP contribution >= 0.6 is 15.9 Å². The van der Waals surface area contributed by atoms with Crippen molar-refractivity contribution in [3.63, 3.8) is 0 Å². The number of carbonyl (C=O) groups is 1. The van der Waals surface area contributed by atoms with E-state index in [1.165, 1.54) is 6.20 Å². The number of carbonyl (C=O) groups excluding carboxylic acids is 1. The summed E-state index contributed by atoms with van der Waals surface area (Å²) in [6.07, 6.45) is 2.33. The minimum absolute atomic E-state index is 0.337. The number of pyridine rings is 1. The van der Waals surface area contributed by atoms with Gasteiger partial charge in [0.2, 0.25) is 0 Å². The van der Waals surface area contributed by atoms with Crippen LogP contribution in [0.3, 0.4) is 0 Å². The van der Waals surface area contributed by atoms with Gasteiger partial charge < -0.3 is 0 Å². The molecule has 1 aromatic heterocycles. The third-order valence-corrected chi connectivity index (χ3v) is 2.33. The predicted octanol–water partition coefficient (Wildman–Crippen LogP) is 1.01. The molecule has 1 aromatic rings. The Kier molecular flexibility index (Phi) is 3.39. The third kappa shape index (κ3) is 2.26. The molecule has 0 aliphatic heterocycles.